The summed E-state index contributed by atoms with van der Waals surface area (Å²) in [5.41, 5.74) is 1.03. The number of nitrogens with one attached hydrogen (secondary N) is 2. The molecule has 47 heavy (non-hydrogen) atoms. The van der Waals surface area contributed by atoms with Crippen molar-refractivity contribution < 1.29 is 23.4 Å². The molecule has 3 aromatic heterocycles. The van der Waals surface area contributed by atoms with Gasteiger partial charge in [-0.2, -0.15) is 0 Å². The van der Waals surface area contributed by atoms with Crippen LogP contribution in [0.15, 0.2) is 65.7 Å². The van der Waals surface area contributed by atoms with E-state index >= 15 is 4.39 Å². The molecule has 5 aromatic rings. The molecule has 1 saturated heterocycles. The van der Waals surface area contributed by atoms with E-state index in [2.05, 4.69) is 27.1 Å². The first kappa shape index (κ1) is 31.9. The molecule has 246 valence electrons. The maximum absolute atomic E-state index is 15.3. The largest absolute Gasteiger partial charge is 0.493 e. The standard InChI is InChI=1S/C35H39FN6O5/c1-22-11-16-41(17-12-22)15-6-18-46-31-21-27-25(20-30(31)45-4)28(10-14-37-27)47-29-9-8-24(19-26(29)36)39-34(43)33-23(2)42(35(44)40(33)3)32-7-5-13-38-32/h5,7-10,13-14,19-22,38H,6,11-12,15-18H2,1-4H3,(H,39,43). The molecule has 2 N–H and O–H groups in total. The third kappa shape index (κ3) is 6.73. The first-order valence-corrected chi connectivity index (χ1v) is 15.8. The van der Waals surface area contributed by atoms with Crippen molar-refractivity contribution in [3.63, 3.8) is 0 Å². The van der Waals surface area contributed by atoms with E-state index in [0.29, 0.717) is 46.3 Å². The Morgan fingerprint density at radius 3 is 2.62 bits per heavy atom. The minimum atomic E-state index is -0.683. The number of ether oxygens (including phenoxy) is 3. The highest BCUT2D eigenvalue weighted by Gasteiger charge is 2.23. The molecule has 1 amide bonds. The van der Waals surface area contributed by atoms with Gasteiger partial charge in [-0.15, -0.1) is 0 Å². The molecule has 0 spiro atoms. The van der Waals surface area contributed by atoms with E-state index in [0.717, 1.165) is 32.0 Å². The summed E-state index contributed by atoms with van der Waals surface area (Å²) in [7, 11) is 3.09. The van der Waals surface area contributed by atoms with Gasteiger partial charge in [0.05, 0.1) is 24.9 Å². The number of fused-ring (bicyclic) bond motifs is 1. The maximum atomic E-state index is 15.3. The second-order valence-corrected chi connectivity index (χ2v) is 11.9. The average Bonchev–Trinajstić information content (AvgIpc) is 3.66. The first-order chi connectivity index (χ1) is 22.7. The van der Waals surface area contributed by atoms with E-state index in [1.165, 1.54) is 47.2 Å². The number of piperidine rings is 1. The molecule has 6 rings (SSSR count). The number of hydrogen-bond donors (Lipinski definition) is 2. The van der Waals surface area contributed by atoms with Crippen LogP contribution in [-0.4, -0.2) is 63.3 Å². The number of anilines is 1. The van der Waals surface area contributed by atoms with Crippen LogP contribution in [0.4, 0.5) is 10.1 Å². The van der Waals surface area contributed by atoms with Gasteiger partial charge in [-0.05, 0) is 81.6 Å². The number of halogens is 1. The van der Waals surface area contributed by atoms with E-state index in [9.17, 15) is 9.59 Å². The Morgan fingerprint density at radius 1 is 1.09 bits per heavy atom. The Labute approximate surface area is 271 Å². The zero-order valence-corrected chi connectivity index (χ0v) is 27.0. The molecule has 1 fully saturated rings. The number of carbonyl (C=O) groups is 1. The number of nitrogens with zero attached hydrogens (tertiary/aromatic N) is 4. The number of aromatic nitrogens is 4. The minimum absolute atomic E-state index is 0.0385. The van der Waals surface area contributed by atoms with E-state index in [1.807, 2.05) is 0 Å². The van der Waals surface area contributed by atoms with E-state index in [4.69, 9.17) is 14.2 Å². The van der Waals surface area contributed by atoms with Gasteiger partial charge in [0.15, 0.2) is 23.1 Å². The molecule has 0 aliphatic carbocycles. The zero-order chi connectivity index (χ0) is 33.1. The Kier molecular flexibility index (Phi) is 9.30. The number of likely N-dealkylation sites (tertiary alicyclic amines) is 1. The lowest BCUT2D eigenvalue weighted by atomic mass is 9.99. The number of amides is 1. The molecule has 0 bridgehead atoms. The molecule has 12 heteroatoms. The monoisotopic (exact) mass is 642 g/mol. The Balaban J connectivity index is 1.14. The SMILES string of the molecule is COc1cc2c(Oc3ccc(NC(=O)c4c(C)n(-c5ccc[nH]5)c(=O)n4C)cc3F)ccnc2cc1OCCCN1CCC(C)CC1. The van der Waals surface area contributed by atoms with Gasteiger partial charge >= 0.3 is 5.69 Å². The summed E-state index contributed by atoms with van der Waals surface area (Å²) in [6.45, 7) is 7.80. The smallest absolute Gasteiger partial charge is 0.334 e. The number of aromatic amines is 1. The summed E-state index contributed by atoms with van der Waals surface area (Å²) in [5, 5.41) is 3.31. The lowest BCUT2D eigenvalue weighted by molar-refractivity contribution is 0.101. The van der Waals surface area contributed by atoms with Gasteiger partial charge in [-0.1, -0.05) is 6.92 Å². The molecule has 0 atom stereocenters. The fourth-order valence-electron chi connectivity index (χ4n) is 6.01. The van der Waals surface area contributed by atoms with Gasteiger partial charge in [0.2, 0.25) is 0 Å². The molecule has 0 saturated carbocycles. The topological polar surface area (TPSA) is 116 Å². The number of methoxy groups -OCH3 is 1. The van der Waals surface area contributed by atoms with Crippen molar-refractivity contribution in [1.82, 2.24) is 24.0 Å². The molecule has 1 aliphatic heterocycles. The Bertz CT molecular complexity index is 1940. The number of rotatable bonds is 11. The van der Waals surface area contributed by atoms with Crippen LogP contribution in [0.5, 0.6) is 23.0 Å². The number of carbonyl (C=O) groups excluding carboxylic acids is 1. The van der Waals surface area contributed by atoms with Crippen molar-refractivity contribution in [3.05, 3.63) is 88.6 Å². The predicted molar refractivity (Wildman–Crippen MR) is 178 cm³/mol. The van der Waals surface area contributed by atoms with Crippen LogP contribution >= 0.6 is 0 Å². The van der Waals surface area contributed by atoms with E-state index in [1.54, 1.807) is 56.8 Å². The summed E-state index contributed by atoms with van der Waals surface area (Å²) < 4.78 is 35.7. The van der Waals surface area contributed by atoms with Crippen molar-refractivity contribution in [2.24, 2.45) is 13.0 Å². The van der Waals surface area contributed by atoms with Crippen LogP contribution in [0.1, 0.15) is 42.4 Å². The molecule has 0 unspecified atom stereocenters. The number of pyridine rings is 1. The highest BCUT2D eigenvalue weighted by atomic mass is 19.1. The Hall–Kier alpha value is -5.10. The lowest BCUT2D eigenvalue weighted by Gasteiger charge is -2.30. The number of benzene rings is 2. The van der Waals surface area contributed by atoms with Gasteiger partial charge in [0.1, 0.15) is 17.3 Å². The number of hydrogen-bond acceptors (Lipinski definition) is 7. The van der Waals surface area contributed by atoms with Crippen molar-refractivity contribution >= 4 is 22.5 Å². The van der Waals surface area contributed by atoms with Crippen LogP contribution in [0.25, 0.3) is 16.7 Å². The van der Waals surface area contributed by atoms with Gasteiger partial charge in [-0.3, -0.25) is 14.3 Å². The van der Waals surface area contributed by atoms with Crippen molar-refractivity contribution in [2.45, 2.75) is 33.1 Å². The molecule has 2 aromatic carbocycles. The van der Waals surface area contributed by atoms with Gasteiger partial charge < -0.3 is 29.4 Å². The molecule has 11 nitrogen and oxygen atoms in total. The van der Waals surface area contributed by atoms with Crippen LogP contribution in [0, 0.1) is 18.7 Å². The molecule has 1 aliphatic rings. The van der Waals surface area contributed by atoms with E-state index < -0.39 is 11.7 Å². The average molecular weight is 643 g/mol. The van der Waals surface area contributed by atoms with Crippen LogP contribution in [0.2, 0.25) is 0 Å². The lowest BCUT2D eigenvalue weighted by Crippen LogP contribution is -2.34. The normalized spacial score (nSPS) is 14.0. The third-order valence-corrected chi connectivity index (χ3v) is 8.68. The second kappa shape index (κ2) is 13.7. The summed E-state index contributed by atoms with van der Waals surface area (Å²) in [6, 6.07) is 12.9. The van der Waals surface area contributed by atoms with Gasteiger partial charge in [0, 0.05) is 49.2 Å². The molecule has 0 radical (unpaired) electrons. The summed E-state index contributed by atoms with van der Waals surface area (Å²) >= 11 is 0. The number of H-pyrrole nitrogens is 1. The maximum Gasteiger partial charge on any atom is 0.334 e. The third-order valence-electron chi connectivity index (χ3n) is 8.68. The van der Waals surface area contributed by atoms with Crippen molar-refractivity contribution in [2.75, 3.05) is 38.7 Å². The first-order valence-electron chi connectivity index (χ1n) is 15.8. The van der Waals surface area contributed by atoms with Gasteiger partial charge in [0.25, 0.3) is 5.91 Å². The van der Waals surface area contributed by atoms with Gasteiger partial charge in [-0.25, -0.2) is 13.8 Å². The summed E-state index contributed by atoms with van der Waals surface area (Å²) in [5.74, 6) is 1.56. The van der Waals surface area contributed by atoms with Crippen LogP contribution < -0.4 is 25.2 Å². The number of imidazole rings is 1. The molecule has 4 heterocycles. The predicted octanol–water partition coefficient (Wildman–Crippen LogP) is 6.05. The Morgan fingerprint density at radius 2 is 1.89 bits per heavy atom. The van der Waals surface area contributed by atoms with Crippen molar-refractivity contribution in [1.29, 1.82) is 0 Å². The summed E-state index contributed by atoms with van der Waals surface area (Å²) in [6.07, 6.45) is 6.67. The summed E-state index contributed by atoms with van der Waals surface area (Å²) in [4.78, 5) is 36.0. The fourth-order valence-corrected chi connectivity index (χ4v) is 6.01. The minimum Gasteiger partial charge on any atom is -0.493 e. The van der Waals surface area contributed by atoms with E-state index in [-0.39, 0.29) is 22.8 Å². The van der Waals surface area contributed by atoms with Crippen LogP contribution in [-0.2, 0) is 7.05 Å². The fraction of sp³-hybridized carbons (Fsp3) is 0.343. The van der Waals surface area contributed by atoms with Crippen LogP contribution in [0.3, 0.4) is 0 Å². The quantitative estimate of drug-likeness (QED) is 0.169. The highest BCUT2D eigenvalue weighted by Crippen LogP contribution is 2.38. The molecular formula is C35H39FN6O5. The highest BCUT2D eigenvalue weighted by molar-refractivity contribution is 6.04. The second-order valence-electron chi connectivity index (χ2n) is 11.9. The zero-order valence-electron chi connectivity index (χ0n) is 27.0. The van der Waals surface area contributed by atoms with Crippen molar-refractivity contribution in [3.8, 4) is 28.8 Å². The molecular weight excluding hydrogens is 603 g/mol.